The van der Waals surface area contributed by atoms with E-state index in [9.17, 15) is 5.11 Å². The number of fused-ring (bicyclic) bond motifs is 1. The Hall–Kier alpha value is -1.80. The van der Waals surface area contributed by atoms with Crippen molar-refractivity contribution in [2.45, 2.75) is 13.3 Å². The van der Waals surface area contributed by atoms with Gasteiger partial charge in [0, 0.05) is 5.56 Å². The van der Waals surface area contributed by atoms with Gasteiger partial charge in [-0.1, -0.05) is 37.3 Å². The molecule has 2 rings (SSSR count). The maximum Gasteiger partial charge on any atom is 0.126 e. The molecule has 0 spiro atoms. The van der Waals surface area contributed by atoms with E-state index < -0.39 is 0 Å². The molecule has 0 heterocycles. The molecule has 0 aliphatic carbocycles. The molecule has 1 N–H and O–H groups in total. The maximum atomic E-state index is 9.31. The van der Waals surface area contributed by atoms with E-state index in [1.165, 1.54) is 5.39 Å². The van der Waals surface area contributed by atoms with Crippen LogP contribution in [0.1, 0.15) is 18.9 Å². The molecular formula is C16H18O2. The molecule has 2 aromatic carbocycles. The first-order valence-electron chi connectivity index (χ1n) is 6.16. The third kappa shape index (κ3) is 2.39. The van der Waals surface area contributed by atoms with E-state index in [0.29, 0.717) is 0 Å². The third-order valence-electron chi connectivity index (χ3n) is 3.16. The van der Waals surface area contributed by atoms with Gasteiger partial charge in [0.1, 0.15) is 5.75 Å². The van der Waals surface area contributed by atoms with Crippen LogP contribution in [0.15, 0.2) is 42.0 Å². The van der Waals surface area contributed by atoms with Crippen molar-refractivity contribution in [2.24, 2.45) is 0 Å². The number of methoxy groups -OCH3 is 1. The molecule has 0 atom stereocenters. The fraction of sp³-hybridized carbons (Fsp3) is 0.250. The molecule has 0 radical (unpaired) electrons. The standard InChI is InChI=1S/C16H18O2/c1-3-12(11-17)10-15-14-7-5-4-6-13(14)8-9-16(15)18-2/h4-10,17H,3,11H2,1-2H3. The molecule has 94 valence electrons. The minimum atomic E-state index is 0.0862. The van der Waals surface area contributed by atoms with Crippen molar-refractivity contribution in [3.63, 3.8) is 0 Å². The molecule has 0 bridgehead atoms. The van der Waals surface area contributed by atoms with Crippen LogP contribution in [0, 0.1) is 0 Å². The summed E-state index contributed by atoms with van der Waals surface area (Å²) < 4.78 is 5.42. The van der Waals surface area contributed by atoms with Crippen molar-refractivity contribution in [3.8, 4) is 5.75 Å². The zero-order chi connectivity index (χ0) is 13.0. The van der Waals surface area contributed by atoms with Gasteiger partial charge in [-0.2, -0.15) is 0 Å². The first kappa shape index (κ1) is 12.7. The summed E-state index contributed by atoms with van der Waals surface area (Å²) >= 11 is 0. The molecule has 18 heavy (non-hydrogen) atoms. The minimum absolute atomic E-state index is 0.0862. The first-order valence-corrected chi connectivity index (χ1v) is 6.16. The molecule has 0 amide bonds. The van der Waals surface area contributed by atoms with Crippen LogP contribution in [-0.2, 0) is 0 Å². The predicted octanol–water partition coefficient (Wildman–Crippen LogP) is 3.63. The van der Waals surface area contributed by atoms with Gasteiger partial charge in [-0.15, -0.1) is 0 Å². The maximum absolute atomic E-state index is 9.31. The summed E-state index contributed by atoms with van der Waals surface area (Å²) in [7, 11) is 1.67. The summed E-state index contributed by atoms with van der Waals surface area (Å²) in [6, 6.07) is 12.2. The van der Waals surface area contributed by atoms with Crippen molar-refractivity contribution < 1.29 is 9.84 Å². The highest BCUT2D eigenvalue weighted by Gasteiger charge is 2.06. The van der Waals surface area contributed by atoms with Crippen molar-refractivity contribution in [1.29, 1.82) is 0 Å². The number of hydrogen-bond acceptors (Lipinski definition) is 2. The Morgan fingerprint density at radius 3 is 2.67 bits per heavy atom. The lowest BCUT2D eigenvalue weighted by Crippen LogP contribution is -1.92. The van der Waals surface area contributed by atoms with E-state index in [-0.39, 0.29) is 6.61 Å². The van der Waals surface area contributed by atoms with Crippen molar-refractivity contribution in [1.82, 2.24) is 0 Å². The summed E-state index contributed by atoms with van der Waals surface area (Å²) in [4.78, 5) is 0. The SMILES string of the molecule is CCC(=Cc1c(OC)ccc2ccccc12)CO. The first-order chi connectivity index (χ1) is 8.80. The van der Waals surface area contributed by atoms with Crippen molar-refractivity contribution >= 4 is 16.8 Å². The molecule has 0 saturated heterocycles. The van der Waals surface area contributed by atoms with Crippen molar-refractivity contribution in [2.75, 3.05) is 13.7 Å². The van der Waals surface area contributed by atoms with Gasteiger partial charge in [-0.05, 0) is 34.9 Å². The largest absolute Gasteiger partial charge is 0.496 e. The van der Waals surface area contributed by atoms with E-state index in [4.69, 9.17) is 4.74 Å². The molecule has 0 aromatic heterocycles. The quantitative estimate of drug-likeness (QED) is 0.887. The van der Waals surface area contributed by atoms with Crippen LogP contribution < -0.4 is 4.74 Å². The van der Waals surface area contributed by atoms with Crippen LogP contribution >= 0.6 is 0 Å². The van der Waals surface area contributed by atoms with E-state index in [1.54, 1.807) is 7.11 Å². The lowest BCUT2D eigenvalue weighted by Gasteiger charge is -2.10. The molecule has 2 aromatic rings. The molecule has 0 aliphatic heterocycles. The van der Waals surface area contributed by atoms with Gasteiger partial charge in [0.05, 0.1) is 13.7 Å². The van der Waals surface area contributed by atoms with Crippen LogP contribution in [0.3, 0.4) is 0 Å². The van der Waals surface area contributed by atoms with Gasteiger partial charge in [0.2, 0.25) is 0 Å². The second-order valence-electron chi connectivity index (χ2n) is 4.22. The second-order valence-corrected chi connectivity index (χ2v) is 4.22. The number of aliphatic hydroxyl groups is 1. The normalized spacial score (nSPS) is 11.8. The second kappa shape index (κ2) is 5.69. The predicted molar refractivity (Wildman–Crippen MR) is 75.9 cm³/mol. The third-order valence-corrected chi connectivity index (χ3v) is 3.16. The van der Waals surface area contributed by atoms with E-state index in [0.717, 1.165) is 28.7 Å². The molecule has 2 nitrogen and oxygen atoms in total. The van der Waals surface area contributed by atoms with E-state index in [1.807, 2.05) is 31.2 Å². The molecule has 0 saturated carbocycles. The Morgan fingerprint density at radius 1 is 1.22 bits per heavy atom. The smallest absolute Gasteiger partial charge is 0.126 e. The lowest BCUT2D eigenvalue weighted by atomic mass is 10.0. The summed E-state index contributed by atoms with van der Waals surface area (Å²) in [6.45, 7) is 2.13. The van der Waals surface area contributed by atoms with Gasteiger partial charge < -0.3 is 9.84 Å². The van der Waals surface area contributed by atoms with Gasteiger partial charge in [-0.25, -0.2) is 0 Å². The Balaban J connectivity index is 2.68. The molecule has 0 aliphatic rings. The Bertz CT molecular complexity index is 564. The zero-order valence-electron chi connectivity index (χ0n) is 10.8. The summed E-state index contributed by atoms with van der Waals surface area (Å²) in [5.74, 6) is 0.841. The van der Waals surface area contributed by atoms with Crippen LogP contribution in [0.2, 0.25) is 0 Å². The monoisotopic (exact) mass is 242 g/mol. The highest BCUT2D eigenvalue weighted by atomic mass is 16.5. The van der Waals surface area contributed by atoms with Gasteiger partial charge >= 0.3 is 0 Å². The topological polar surface area (TPSA) is 29.5 Å². The van der Waals surface area contributed by atoms with Crippen LogP contribution in [0.4, 0.5) is 0 Å². The summed E-state index contributed by atoms with van der Waals surface area (Å²) in [5.41, 5.74) is 2.05. The number of rotatable bonds is 4. The minimum Gasteiger partial charge on any atom is -0.496 e. The number of ether oxygens (including phenoxy) is 1. The number of aliphatic hydroxyl groups excluding tert-OH is 1. The summed E-state index contributed by atoms with van der Waals surface area (Å²) in [6.07, 6.45) is 2.87. The molecular weight excluding hydrogens is 224 g/mol. The van der Waals surface area contributed by atoms with Crippen molar-refractivity contribution in [3.05, 3.63) is 47.5 Å². The number of benzene rings is 2. The Labute approximate surface area is 108 Å². The highest BCUT2D eigenvalue weighted by Crippen LogP contribution is 2.30. The van der Waals surface area contributed by atoms with Crippen LogP contribution in [-0.4, -0.2) is 18.8 Å². The average Bonchev–Trinajstić information content (AvgIpc) is 2.44. The van der Waals surface area contributed by atoms with Gasteiger partial charge in [0.15, 0.2) is 0 Å². The zero-order valence-corrected chi connectivity index (χ0v) is 10.8. The Kier molecular flexibility index (Phi) is 4.00. The van der Waals surface area contributed by atoms with Crippen LogP contribution in [0.25, 0.3) is 16.8 Å². The summed E-state index contributed by atoms with van der Waals surface area (Å²) in [5, 5.41) is 11.6. The highest BCUT2D eigenvalue weighted by molar-refractivity contribution is 5.93. The number of hydrogen-bond donors (Lipinski definition) is 1. The fourth-order valence-corrected chi connectivity index (χ4v) is 2.07. The van der Waals surface area contributed by atoms with E-state index >= 15 is 0 Å². The fourth-order valence-electron chi connectivity index (χ4n) is 2.07. The lowest BCUT2D eigenvalue weighted by molar-refractivity contribution is 0.329. The average molecular weight is 242 g/mol. The van der Waals surface area contributed by atoms with Crippen LogP contribution in [0.5, 0.6) is 5.75 Å². The van der Waals surface area contributed by atoms with Gasteiger partial charge in [0.25, 0.3) is 0 Å². The van der Waals surface area contributed by atoms with E-state index in [2.05, 4.69) is 18.2 Å². The Morgan fingerprint density at radius 2 is 2.00 bits per heavy atom. The molecule has 0 unspecified atom stereocenters. The molecule has 2 heteroatoms. The molecule has 0 fully saturated rings. The van der Waals surface area contributed by atoms with Gasteiger partial charge in [-0.3, -0.25) is 0 Å².